The Morgan fingerprint density at radius 2 is 1.80 bits per heavy atom. The summed E-state index contributed by atoms with van der Waals surface area (Å²) < 4.78 is 0. The van der Waals surface area contributed by atoms with Gasteiger partial charge in [-0.2, -0.15) is 0 Å². The number of nitrogens with zero attached hydrogens (tertiary/aromatic N) is 1. The van der Waals surface area contributed by atoms with Crippen LogP contribution in [0.2, 0.25) is 0 Å². The Kier molecular flexibility index (Phi) is 5.22. The van der Waals surface area contributed by atoms with E-state index in [1.807, 2.05) is 0 Å². The van der Waals surface area contributed by atoms with E-state index in [1.54, 1.807) is 0 Å². The molecule has 2 rings (SSSR count). The van der Waals surface area contributed by atoms with E-state index in [-0.39, 0.29) is 5.41 Å². The number of benzene rings is 1. The molecule has 20 heavy (non-hydrogen) atoms. The molecule has 0 aromatic heterocycles. The summed E-state index contributed by atoms with van der Waals surface area (Å²) in [5.41, 5.74) is 1.65. The van der Waals surface area contributed by atoms with Gasteiger partial charge >= 0.3 is 0 Å². The van der Waals surface area contributed by atoms with Crippen molar-refractivity contribution in [1.29, 1.82) is 0 Å². The molecule has 2 unspecified atom stereocenters. The smallest absolute Gasteiger partial charge is 0.0371 e. The van der Waals surface area contributed by atoms with Crippen molar-refractivity contribution >= 4 is 0 Å². The zero-order chi connectivity index (χ0) is 14.6. The molecule has 2 atom stereocenters. The third kappa shape index (κ3) is 4.32. The average Bonchev–Trinajstić information content (AvgIpc) is 2.60. The molecule has 1 heterocycles. The van der Waals surface area contributed by atoms with E-state index < -0.39 is 0 Å². The Morgan fingerprint density at radius 3 is 2.45 bits per heavy atom. The van der Waals surface area contributed by atoms with Crippen LogP contribution in [0.1, 0.15) is 51.6 Å². The van der Waals surface area contributed by atoms with E-state index in [0.29, 0.717) is 12.1 Å². The molecule has 0 bridgehead atoms. The molecule has 0 radical (unpaired) electrons. The lowest BCUT2D eigenvalue weighted by Crippen LogP contribution is -2.39. The number of hydrogen-bond donors (Lipinski definition) is 1. The Bertz CT molecular complexity index is 394. The molecular weight excluding hydrogens is 244 g/mol. The van der Waals surface area contributed by atoms with Gasteiger partial charge in [0, 0.05) is 12.1 Å². The first-order valence-electron chi connectivity index (χ1n) is 7.96. The summed E-state index contributed by atoms with van der Waals surface area (Å²) in [5.74, 6) is 0. The summed E-state index contributed by atoms with van der Waals surface area (Å²) in [6, 6.07) is 12.0. The summed E-state index contributed by atoms with van der Waals surface area (Å²) in [5, 5.41) is 3.95. The Hall–Kier alpha value is -0.860. The van der Waals surface area contributed by atoms with Crippen molar-refractivity contribution in [3.8, 4) is 0 Å². The first-order valence-corrected chi connectivity index (χ1v) is 7.96. The lowest BCUT2D eigenvalue weighted by Gasteiger charge is -2.35. The molecule has 0 saturated carbocycles. The van der Waals surface area contributed by atoms with E-state index in [9.17, 15) is 0 Å². The number of hydrogen-bond acceptors (Lipinski definition) is 2. The molecule has 1 aromatic rings. The lowest BCUT2D eigenvalue weighted by molar-refractivity contribution is 0.239. The maximum absolute atomic E-state index is 3.95. The molecule has 2 heteroatoms. The van der Waals surface area contributed by atoms with Gasteiger partial charge in [0.15, 0.2) is 0 Å². The topological polar surface area (TPSA) is 15.3 Å². The van der Waals surface area contributed by atoms with Gasteiger partial charge in [-0.1, -0.05) is 51.1 Å². The highest BCUT2D eigenvalue weighted by Crippen LogP contribution is 2.33. The third-order valence-corrected chi connectivity index (χ3v) is 4.35. The van der Waals surface area contributed by atoms with Gasteiger partial charge in [0.1, 0.15) is 0 Å². The third-order valence-electron chi connectivity index (χ3n) is 4.35. The van der Waals surface area contributed by atoms with Crippen LogP contribution in [0, 0.1) is 5.41 Å². The second kappa shape index (κ2) is 6.73. The van der Waals surface area contributed by atoms with Gasteiger partial charge in [-0.3, -0.25) is 0 Å². The van der Waals surface area contributed by atoms with Gasteiger partial charge in [0.2, 0.25) is 0 Å². The van der Waals surface area contributed by atoms with Crippen molar-refractivity contribution in [3.63, 3.8) is 0 Å². The van der Waals surface area contributed by atoms with Crippen molar-refractivity contribution in [2.24, 2.45) is 5.41 Å². The minimum Gasteiger partial charge on any atom is -0.307 e. The van der Waals surface area contributed by atoms with Crippen molar-refractivity contribution in [2.45, 2.75) is 52.1 Å². The van der Waals surface area contributed by atoms with Crippen LogP contribution < -0.4 is 5.32 Å². The summed E-state index contributed by atoms with van der Waals surface area (Å²) in [7, 11) is 2.24. The van der Waals surface area contributed by atoms with Crippen LogP contribution in [0.3, 0.4) is 0 Å². The Balaban J connectivity index is 2.09. The monoisotopic (exact) mass is 274 g/mol. The summed E-state index contributed by atoms with van der Waals surface area (Å²) in [4.78, 5) is 2.45. The van der Waals surface area contributed by atoms with Gasteiger partial charge in [-0.05, 0) is 50.4 Å². The van der Waals surface area contributed by atoms with E-state index in [1.165, 1.54) is 37.9 Å². The minimum atomic E-state index is 0.236. The molecule has 1 aliphatic rings. The predicted octanol–water partition coefficient (Wildman–Crippen LogP) is 3.85. The highest BCUT2D eigenvalue weighted by atomic mass is 15.1. The van der Waals surface area contributed by atoms with Crippen LogP contribution in [0.5, 0.6) is 0 Å². The normalized spacial score (nSPS) is 23.3. The summed E-state index contributed by atoms with van der Waals surface area (Å²) in [6.45, 7) is 9.45. The molecule has 1 aromatic carbocycles. The van der Waals surface area contributed by atoms with Crippen LogP contribution in [0.25, 0.3) is 0 Å². The molecule has 2 nitrogen and oxygen atoms in total. The fourth-order valence-corrected chi connectivity index (χ4v) is 3.13. The van der Waals surface area contributed by atoms with Crippen molar-refractivity contribution in [2.75, 3.05) is 20.1 Å². The quantitative estimate of drug-likeness (QED) is 0.900. The number of nitrogens with one attached hydrogen (secondary N) is 1. The first-order chi connectivity index (χ1) is 9.47. The van der Waals surface area contributed by atoms with Gasteiger partial charge in [0.05, 0.1) is 0 Å². The molecule has 1 saturated heterocycles. The Labute approximate surface area is 124 Å². The van der Waals surface area contributed by atoms with Crippen LogP contribution in [0.4, 0.5) is 0 Å². The maximum Gasteiger partial charge on any atom is 0.0371 e. The first kappa shape index (κ1) is 15.5. The molecule has 1 aliphatic heterocycles. The van der Waals surface area contributed by atoms with Crippen molar-refractivity contribution < 1.29 is 0 Å². The second-order valence-corrected chi connectivity index (χ2v) is 7.31. The van der Waals surface area contributed by atoms with Gasteiger partial charge in [-0.25, -0.2) is 0 Å². The van der Waals surface area contributed by atoms with Gasteiger partial charge < -0.3 is 10.2 Å². The zero-order valence-corrected chi connectivity index (χ0v) is 13.5. The fourth-order valence-electron chi connectivity index (χ4n) is 3.13. The summed E-state index contributed by atoms with van der Waals surface area (Å²) in [6.07, 6.45) is 3.86. The van der Waals surface area contributed by atoms with Crippen LogP contribution >= 0.6 is 0 Å². The SMILES string of the molecule is CN1CCCC(NC(c2ccccc2)C(C)(C)C)CC1. The van der Waals surface area contributed by atoms with Crippen LogP contribution in [0.15, 0.2) is 30.3 Å². The average molecular weight is 274 g/mol. The van der Waals surface area contributed by atoms with Crippen molar-refractivity contribution in [1.82, 2.24) is 10.2 Å². The minimum absolute atomic E-state index is 0.236. The maximum atomic E-state index is 3.95. The van der Waals surface area contributed by atoms with Crippen LogP contribution in [-0.2, 0) is 0 Å². The molecule has 112 valence electrons. The highest BCUT2D eigenvalue weighted by molar-refractivity contribution is 5.21. The molecule has 0 spiro atoms. The molecule has 0 amide bonds. The van der Waals surface area contributed by atoms with E-state index in [2.05, 4.69) is 68.4 Å². The van der Waals surface area contributed by atoms with E-state index in [0.717, 1.165) is 0 Å². The van der Waals surface area contributed by atoms with E-state index in [4.69, 9.17) is 0 Å². The highest BCUT2D eigenvalue weighted by Gasteiger charge is 2.28. The van der Waals surface area contributed by atoms with Crippen LogP contribution in [-0.4, -0.2) is 31.1 Å². The molecule has 1 fully saturated rings. The van der Waals surface area contributed by atoms with Gasteiger partial charge in [0.25, 0.3) is 0 Å². The van der Waals surface area contributed by atoms with Crippen molar-refractivity contribution in [3.05, 3.63) is 35.9 Å². The number of likely N-dealkylation sites (tertiary alicyclic amines) is 1. The fraction of sp³-hybridized carbons (Fsp3) is 0.667. The molecule has 1 N–H and O–H groups in total. The zero-order valence-electron chi connectivity index (χ0n) is 13.5. The largest absolute Gasteiger partial charge is 0.307 e. The predicted molar refractivity (Wildman–Crippen MR) is 86.9 cm³/mol. The molecule has 0 aliphatic carbocycles. The van der Waals surface area contributed by atoms with E-state index >= 15 is 0 Å². The lowest BCUT2D eigenvalue weighted by atomic mass is 9.81. The second-order valence-electron chi connectivity index (χ2n) is 7.31. The molecular formula is C18H30N2. The standard InChI is InChI=1S/C18H30N2/c1-18(2,3)17(15-9-6-5-7-10-15)19-16-11-8-13-20(4)14-12-16/h5-7,9-10,16-17,19H,8,11-14H2,1-4H3. The number of rotatable bonds is 3. The van der Waals surface area contributed by atoms with Gasteiger partial charge in [-0.15, -0.1) is 0 Å². The summed E-state index contributed by atoms with van der Waals surface area (Å²) >= 11 is 0. The Morgan fingerprint density at radius 1 is 1.10 bits per heavy atom.